The van der Waals surface area contributed by atoms with E-state index in [4.69, 9.17) is 4.74 Å². The molecule has 1 N–H and O–H groups in total. The first-order valence-corrected chi connectivity index (χ1v) is 6.12. The van der Waals surface area contributed by atoms with Gasteiger partial charge in [-0.1, -0.05) is 6.92 Å². The van der Waals surface area contributed by atoms with Crippen LogP contribution in [-0.2, 0) is 10.3 Å². The van der Waals surface area contributed by atoms with Gasteiger partial charge in [-0.15, -0.1) is 0 Å². The third-order valence-electron chi connectivity index (χ3n) is 2.34. The predicted molar refractivity (Wildman–Crippen MR) is 68.5 cm³/mol. The topological polar surface area (TPSA) is 47.0 Å². The van der Waals surface area contributed by atoms with E-state index in [0.717, 1.165) is 23.3 Å². The van der Waals surface area contributed by atoms with Crippen molar-refractivity contribution >= 4 is 21.7 Å². The molecule has 0 radical (unpaired) electrons. The highest BCUT2D eigenvalue weighted by Crippen LogP contribution is 2.25. The number of hydrogen-bond donors (Lipinski definition) is 1. The van der Waals surface area contributed by atoms with Crippen LogP contribution in [0.2, 0.25) is 0 Å². The van der Waals surface area contributed by atoms with Gasteiger partial charge < -0.3 is 10.1 Å². The zero-order valence-corrected chi connectivity index (χ0v) is 11.8. The van der Waals surface area contributed by atoms with E-state index in [1.807, 2.05) is 13.8 Å². The number of nitrogens with one attached hydrogen (secondary N) is 1. The Morgan fingerprint density at radius 1 is 1.50 bits per heavy atom. The Balaban J connectivity index is 2.97. The molecule has 0 unspecified atom stereocenters. The van der Waals surface area contributed by atoms with Gasteiger partial charge in [0.1, 0.15) is 11.4 Å². The molecule has 0 spiro atoms. The maximum atomic E-state index is 5.35. The smallest absolute Gasteiger partial charge is 0.162 e. The molecule has 0 aliphatic heterocycles. The van der Waals surface area contributed by atoms with Gasteiger partial charge >= 0.3 is 0 Å². The van der Waals surface area contributed by atoms with E-state index in [-0.39, 0.29) is 0 Å². The van der Waals surface area contributed by atoms with Crippen LogP contribution in [0.3, 0.4) is 0 Å². The first-order valence-electron chi connectivity index (χ1n) is 5.33. The maximum Gasteiger partial charge on any atom is 0.162 e. The monoisotopic (exact) mass is 287 g/mol. The maximum absolute atomic E-state index is 5.35. The average Bonchev–Trinajstić information content (AvgIpc) is 2.27. The van der Waals surface area contributed by atoms with Crippen LogP contribution in [0.5, 0.6) is 0 Å². The molecule has 0 saturated heterocycles. The van der Waals surface area contributed by atoms with E-state index in [1.54, 1.807) is 13.3 Å². The minimum atomic E-state index is -0.469. The first-order chi connectivity index (χ1) is 7.51. The fourth-order valence-corrected chi connectivity index (χ4v) is 1.45. The van der Waals surface area contributed by atoms with Crippen molar-refractivity contribution in [3.63, 3.8) is 0 Å². The second-order valence-corrected chi connectivity index (χ2v) is 4.89. The molecule has 0 amide bonds. The van der Waals surface area contributed by atoms with Crippen LogP contribution < -0.4 is 5.32 Å². The highest BCUT2D eigenvalue weighted by Gasteiger charge is 2.23. The summed E-state index contributed by atoms with van der Waals surface area (Å²) in [6, 6.07) is 0. The van der Waals surface area contributed by atoms with Crippen molar-refractivity contribution in [2.24, 2.45) is 0 Å². The molecule has 90 valence electrons. The molecular weight excluding hydrogens is 270 g/mol. The zero-order chi connectivity index (χ0) is 12.2. The molecule has 1 rings (SSSR count). The van der Waals surface area contributed by atoms with Gasteiger partial charge in [-0.25, -0.2) is 9.97 Å². The molecule has 4 nitrogen and oxygen atoms in total. The Hall–Kier alpha value is -0.680. The normalized spacial score (nSPS) is 11.6. The number of anilines is 1. The fourth-order valence-electron chi connectivity index (χ4n) is 1.12. The number of hydrogen-bond acceptors (Lipinski definition) is 4. The molecule has 1 heterocycles. The van der Waals surface area contributed by atoms with Gasteiger partial charge in [-0.05, 0) is 36.2 Å². The number of ether oxygens (including phenoxy) is 1. The molecule has 5 heteroatoms. The van der Waals surface area contributed by atoms with Gasteiger partial charge in [0.15, 0.2) is 5.82 Å². The van der Waals surface area contributed by atoms with Crippen molar-refractivity contribution in [1.29, 1.82) is 0 Å². The van der Waals surface area contributed by atoms with Crippen LogP contribution in [-0.4, -0.2) is 23.6 Å². The summed E-state index contributed by atoms with van der Waals surface area (Å²) in [4.78, 5) is 8.72. The van der Waals surface area contributed by atoms with Crippen LogP contribution in [0, 0.1) is 0 Å². The number of aromatic nitrogens is 2. The van der Waals surface area contributed by atoms with E-state index in [0.29, 0.717) is 5.82 Å². The van der Waals surface area contributed by atoms with E-state index in [9.17, 15) is 0 Å². The lowest BCUT2D eigenvalue weighted by Gasteiger charge is -2.21. The van der Waals surface area contributed by atoms with Gasteiger partial charge in [0.05, 0.1) is 4.47 Å². The van der Waals surface area contributed by atoms with Gasteiger partial charge in [-0.2, -0.15) is 0 Å². The summed E-state index contributed by atoms with van der Waals surface area (Å²) in [5.74, 6) is 1.49. The lowest BCUT2D eigenvalue weighted by Crippen LogP contribution is -2.23. The average molecular weight is 288 g/mol. The van der Waals surface area contributed by atoms with Gasteiger partial charge in [0.25, 0.3) is 0 Å². The van der Waals surface area contributed by atoms with Crippen LogP contribution >= 0.6 is 15.9 Å². The Labute approximate surface area is 105 Å². The van der Waals surface area contributed by atoms with Gasteiger partial charge in [0.2, 0.25) is 0 Å². The van der Waals surface area contributed by atoms with Crippen molar-refractivity contribution in [3.05, 3.63) is 16.5 Å². The lowest BCUT2D eigenvalue weighted by molar-refractivity contribution is 0.0115. The molecule has 0 bridgehead atoms. The Kier molecular flexibility index (Phi) is 4.68. The van der Waals surface area contributed by atoms with Gasteiger partial charge in [0, 0.05) is 19.9 Å². The number of rotatable bonds is 5. The van der Waals surface area contributed by atoms with Gasteiger partial charge in [-0.3, -0.25) is 0 Å². The molecule has 0 fully saturated rings. The minimum absolute atomic E-state index is 0.469. The summed E-state index contributed by atoms with van der Waals surface area (Å²) in [5.41, 5.74) is -0.469. The molecule has 16 heavy (non-hydrogen) atoms. The second-order valence-electron chi connectivity index (χ2n) is 4.03. The van der Waals surface area contributed by atoms with Crippen molar-refractivity contribution < 1.29 is 4.74 Å². The van der Waals surface area contributed by atoms with Crippen molar-refractivity contribution in [1.82, 2.24) is 9.97 Å². The summed E-state index contributed by atoms with van der Waals surface area (Å²) in [5, 5.41) is 3.25. The largest absolute Gasteiger partial charge is 0.371 e. The quantitative estimate of drug-likeness (QED) is 0.905. The molecular formula is C11H18BrN3O. The van der Waals surface area contributed by atoms with Crippen LogP contribution in [0.25, 0.3) is 0 Å². The van der Waals surface area contributed by atoms with Crippen LogP contribution in [0.1, 0.15) is 33.0 Å². The summed E-state index contributed by atoms with van der Waals surface area (Å²) < 4.78 is 6.23. The van der Waals surface area contributed by atoms with Crippen LogP contribution in [0.15, 0.2) is 10.7 Å². The zero-order valence-electron chi connectivity index (χ0n) is 10.2. The van der Waals surface area contributed by atoms with Crippen molar-refractivity contribution in [2.45, 2.75) is 32.8 Å². The van der Waals surface area contributed by atoms with E-state index in [2.05, 4.69) is 38.1 Å². The molecule has 0 atom stereocenters. The molecule has 0 aliphatic rings. The molecule has 1 aromatic heterocycles. The summed E-state index contributed by atoms with van der Waals surface area (Å²) in [6.45, 7) is 6.89. The van der Waals surface area contributed by atoms with E-state index >= 15 is 0 Å². The van der Waals surface area contributed by atoms with E-state index < -0.39 is 5.60 Å². The second kappa shape index (κ2) is 5.59. The number of methoxy groups -OCH3 is 1. The fraction of sp³-hybridized carbons (Fsp3) is 0.636. The molecule has 0 aromatic carbocycles. The first kappa shape index (κ1) is 13.4. The van der Waals surface area contributed by atoms with Crippen LogP contribution in [0.4, 0.5) is 5.82 Å². The van der Waals surface area contributed by atoms with Crippen molar-refractivity contribution in [3.8, 4) is 0 Å². The SMILES string of the molecule is CCCNc1nc(C(C)(C)OC)ncc1Br. The highest BCUT2D eigenvalue weighted by molar-refractivity contribution is 9.10. The summed E-state index contributed by atoms with van der Waals surface area (Å²) in [7, 11) is 1.66. The molecule has 0 saturated carbocycles. The summed E-state index contributed by atoms with van der Waals surface area (Å²) in [6.07, 6.45) is 2.81. The predicted octanol–water partition coefficient (Wildman–Crippen LogP) is 2.94. The van der Waals surface area contributed by atoms with E-state index in [1.165, 1.54) is 0 Å². The molecule has 0 aliphatic carbocycles. The minimum Gasteiger partial charge on any atom is -0.371 e. The number of nitrogens with zero attached hydrogens (tertiary/aromatic N) is 2. The Bertz CT molecular complexity index is 355. The molecule has 1 aromatic rings. The number of halogens is 1. The third-order valence-corrected chi connectivity index (χ3v) is 2.92. The lowest BCUT2D eigenvalue weighted by atomic mass is 10.1. The van der Waals surface area contributed by atoms with Crippen molar-refractivity contribution in [2.75, 3.05) is 19.0 Å². The highest BCUT2D eigenvalue weighted by atomic mass is 79.9. The third kappa shape index (κ3) is 3.15. The Morgan fingerprint density at radius 3 is 2.75 bits per heavy atom. The standard InChI is InChI=1S/C11H18BrN3O/c1-5-6-13-9-8(12)7-14-10(15-9)11(2,3)16-4/h7H,5-6H2,1-4H3,(H,13,14,15). The Morgan fingerprint density at radius 2 is 2.19 bits per heavy atom. The summed E-state index contributed by atoms with van der Waals surface area (Å²) >= 11 is 3.42.